The van der Waals surface area contributed by atoms with Gasteiger partial charge < -0.3 is 13.9 Å². The molecule has 0 saturated heterocycles. The van der Waals surface area contributed by atoms with E-state index in [9.17, 15) is 0 Å². The molecule has 4 heteroatoms. The van der Waals surface area contributed by atoms with E-state index >= 15 is 0 Å². The highest BCUT2D eigenvalue weighted by Crippen LogP contribution is 2.43. The van der Waals surface area contributed by atoms with Crippen LogP contribution in [0.25, 0.3) is 71.9 Å². The van der Waals surface area contributed by atoms with Crippen molar-refractivity contribution in [1.82, 2.24) is 9.55 Å². The number of fused-ring (bicyclic) bond motifs is 5. The van der Waals surface area contributed by atoms with E-state index in [1.54, 1.807) is 0 Å². The first-order chi connectivity index (χ1) is 25.3. The standard InChI is InChI=1S/C47H31N3O/c1-3-14-36(15-4-1)49(38-26-24-33(25-27-38)35-23-22-32-12-7-8-13-34(32)30-35)39-28-29-40-44(31-39)50(37-16-5-2-6-17-37)43-20-11-18-41(46(40)43)47-48-42-19-9-10-21-45(42)51-47/h1-31H. The molecule has 2 heterocycles. The normalized spacial score (nSPS) is 11.5. The number of benzene rings is 8. The number of nitrogens with zero attached hydrogens (tertiary/aromatic N) is 3. The average molecular weight is 654 g/mol. The maximum atomic E-state index is 6.34. The molecule has 0 spiro atoms. The SMILES string of the molecule is c1ccc(N(c2ccc(-c3ccc4ccccc4c3)cc2)c2ccc3c4c(-c5nc6ccccc6o5)cccc4n(-c4ccccc4)c3c2)cc1. The van der Waals surface area contributed by atoms with Gasteiger partial charge in [0.25, 0.3) is 0 Å². The van der Waals surface area contributed by atoms with Gasteiger partial charge in [-0.05, 0) is 101 Å². The Bertz CT molecular complexity index is 2820. The Morgan fingerprint density at radius 1 is 0.471 bits per heavy atom. The van der Waals surface area contributed by atoms with Gasteiger partial charge in [-0.2, -0.15) is 0 Å². The second kappa shape index (κ2) is 11.9. The van der Waals surface area contributed by atoms with Crippen LogP contribution in [0, 0.1) is 0 Å². The fourth-order valence-corrected chi connectivity index (χ4v) is 7.41. The molecule has 0 atom stereocenters. The largest absolute Gasteiger partial charge is 0.436 e. The molecule has 0 amide bonds. The van der Waals surface area contributed by atoms with E-state index in [-0.39, 0.29) is 0 Å². The molecular formula is C47H31N3O. The lowest BCUT2D eigenvalue weighted by Gasteiger charge is -2.26. The van der Waals surface area contributed by atoms with Crippen molar-refractivity contribution in [3.63, 3.8) is 0 Å². The summed E-state index contributed by atoms with van der Waals surface area (Å²) in [5, 5.41) is 4.74. The second-order valence-electron chi connectivity index (χ2n) is 12.8. The summed E-state index contributed by atoms with van der Waals surface area (Å²) in [7, 11) is 0. The molecule has 0 aliphatic heterocycles. The quantitative estimate of drug-likeness (QED) is 0.179. The summed E-state index contributed by atoms with van der Waals surface area (Å²) in [6.07, 6.45) is 0. The first-order valence-electron chi connectivity index (χ1n) is 17.2. The monoisotopic (exact) mass is 653 g/mol. The van der Waals surface area contributed by atoms with E-state index in [1.165, 1.54) is 21.9 Å². The summed E-state index contributed by atoms with van der Waals surface area (Å²) in [4.78, 5) is 7.24. The van der Waals surface area contributed by atoms with Crippen LogP contribution in [-0.2, 0) is 0 Å². The van der Waals surface area contributed by atoms with Gasteiger partial charge in [-0.1, -0.05) is 109 Å². The van der Waals surface area contributed by atoms with Crippen LogP contribution in [0.4, 0.5) is 17.1 Å². The molecule has 0 aliphatic carbocycles. The van der Waals surface area contributed by atoms with Crippen LogP contribution in [0.5, 0.6) is 0 Å². The molecule has 8 aromatic carbocycles. The van der Waals surface area contributed by atoms with E-state index in [0.717, 1.165) is 61.2 Å². The molecule has 0 radical (unpaired) electrons. The van der Waals surface area contributed by atoms with Gasteiger partial charge in [0.2, 0.25) is 5.89 Å². The predicted molar refractivity (Wildman–Crippen MR) is 211 cm³/mol. The number of oxazole rings is 1. The van der Waals surface area contributed by atoms with Gasteiger partial charge in [0.15, 0.2) is 5.58 Å². The molecule has 0 unspecified atom stereocenters. The van der Waals surface area contributed by atoms with Crippen LogP contribution in [0.2, 0.25) is 0 Å². The third-order valence-electron chi connectivity index (χ3n) is 9.79. The molecule has 2 aromatic heterocycles. The summed E-state index contributed by atoms with van der Waals surface area (Å²) in [6.45, 7) is 0. The van der Waals surface area contributed by atoms with Crippen LogP contribution in [0.3, 0.4) is 0 Å². The topological polar surface area (TPSA) is 34.2 Å². The Labute approximate surface area is 295 Å². The summed E-state index contributed by atoms with van der Waals surface area (Å²) in [5.41, 5.74) is 11.5. The predicted octanol–water partition coefficient (Wildman–Crippen LogP) is 12.9. The molecule has 0 N–H and O–H groups in total. The molecule has 0 fully saturated rings. The van der Waals surface area contributed by atoms with Gasteiger partial charge in [0.05, 0.1) is 11.0 Å². The molecule has 0 saturated carbocycles. The Balaban J connectivity index is 1.16. The Kier molecular flexibility index (Phi) is 6.78. The first-order valence-corrected chi connectivity index (χ1v) is 17.2. The number of hydrogen-bond acceptors (Lipinski definition) is 3. The molecule has 0 bridgehead atoms. The van der Waals surface area contributed by atoms with Crippen molar-refractivity contribution in [2.45, 2.75) is 0 Å². The summed E-state index contributed by atoms with van der Waals surface area (Å²) in [5.74, 6) is 0.621. The van der Waals surface area contributed by atoms with Crippen molar-refractivity contribution in [3.8, 4) is 28.3 Å². The van der Waals surface area contributed by atoms with Gasteiger partial charge in [0, 0.05) is 39.1 Å². The highest BCUT2D eigenvalue weighted by atomic mass is 16.3. The minimum absolute atomic E-state index is 0.621. The first kappa shape index (κ1) is 29.0. The number of hydrogen-bond donors (Lipinski definition) is 0. The summed E-state index contributed by atoms with van der Waals surface area (Å²) < 4.78 is 8.69. The van der Waals surface area contributed by atoms with Crippen molar-refractivity contribution in [2.75, 3.05) is 4.90 Å². The molecular weight excluding hydrogens is 623 g/mol. The molecule has 10 aromatic rings. The smallest absolute Gasteiger partial charge is 0.228 e. The third kappa shape index (κ3) is 4.96. The van der Waals surface area contributed by atoms with Crippen molar-refractivity contribution in [1.29, 1.82) is 0 Å². The minimum atomic E-state index is 0.621. The molecule has 10 rings (SSSR count). The molecule has 51 heavy (non-hydrogen) atoms. The number of anilines is 3. The van der Waals surface area contributed by atoms with Crippen molar-refractivity contribution in [3.05, 3.63) is 188 Å². The Morgan fingerprint density at radius 3 is 1.98 bits per heavy atom. The van der Waals surface area contributed by atoms with Crippen LogP contribution in [0.1, 0.15) is 0 Å². The van der Waals surface area contributed by atoms with E-state index in [0.29, 0.717) is 5.89 Å². The molecule has 4 nitrogen and oxygen atoms in total. The second-order valence-corrected chi connectivity index (χ2v) is 12.8. The fraction of sp³-hybridized carbons (Fsp3) is 0. The summed E-state index contributed by atoms with van der Waals surface area (Å²) >= 11 is 0. The molecule has 0 aliphatic rings. The van der Waals surface area contributed by atoms with Crippen LogP contribution >= 0.6 is 0 Å². The van der Waals surface area contributed by atoms with E-state index in [4.69, 9.17) is 9.40 Å². The van der Waals surface area contributed by atoms with E-state index in [2.05, 4.69) is 173 Å². The highest BCUT2D eigenvalue weighted by Gasteiger charge is 2.21. The van der Waals surface area contributed by atoms with Gasteiger partial charge in [-0.25, -0.2) is 4.98 Å². The maximum absolute atomic E-state index is 6.34. The lowest BCUT2D eigenvalue weighted by molar-refractivity contribution is 0.620. The lowest BCUT2D eigenvalue weighted by atomic mass is 10.0. The van der Waals surface area contributed by atoms with Gasteiger partial charge >= 0.3 is 0 Å². The highest BCUT2D eigenvalue weighted by molar-refractivity contribution is 6.16. The zero-order valence-corrected chi connectivity index (χ0v) is 27.6. The van der Waals surface area contributed by atoms with Crippen molar-refractivity contribution < 1.29 is 4.42 Å². The van der Waals surface area contributed by atoms with Crippen molar-refractivity contribution >= 4 is 60.7 Å². The minimum Gasteiger partial charge on any atom is -0.436 e. The number of rotatable bonds is 6. The van der Waals surface area contributed by atoms with Crippen LogP contribution < -0.4 is 4.90 Å². The number of para-hydroxylation sites is 4. The fourth-order valence-electron chi connectivity index (χ4n) is 7.41. The van der Waals surface area contributed by atoms with Gasteiger partial charge in [-0.3, -0.25) is 0 Å². The summed E-state index contributed by atoms with van der Waals surface area (Å²) in [6, 6.07) is 66.4. The Morgan fingerprint density at radius 2 is 1.16 bits per heavy atom. The Hall–Kier alpha value is -6.91. The van der Waals surface area contributed by atoms with Gasteiger partial charge in [-0.15, -0.1) is 0 Å². The van der Waals surface area contributed by atoms with E-state index < -0.39 is 0 Å². The van der Waals surface area contributed by atoms with Crippen molar-refractivity contribution in [2.24, 2.45) is 0 Å². The third-order valence-corrected chi connectivity index (χ3v) is 9.79. The lowest BCUT2D eigenvalue weighted by Crippen LogP contribution is -2.10. The maximum Gasteiger partial charge on any atom is 0.228 e. The van der Waals surface area contributed by atoms with E-state index in [1.807, 2.05) is 24.3 Å². The molecule has 240 valence electrons. The van der Waals surface area contributed by atoms with Gasteiger partial charge in [0.1, 0.15) is 5.52 Å². The number of aromatic nitrogens is 2. The zero-order chi connectivity index (χ0) is 33.7. The van der Waals surface area contributed by atoms with Crippen LogP contribution in [-0.4, -0.2) is 9.55 Å². The zero-order valence-electron chi connectivity index (χ0n) is 27.6. The van der Waals surface area contributed by atoms with Crippen LogP contribution in [0.15, 0.2) is 192 Å². The average Bonchev–Trinajstić information content (AvgIpc) is 3.78.